The lowest BCUT2D eigenvalue weighted by molar-refractivity contribution is -0.254. The second-order valence-electron chi connectivity index (χ2n) is 9.29. The molecule has 4 nitrogen and oxygen atoms in total. The van der Waals surface area contributed by atoms with Gasteiger partial charge in [-0.1, -0.05) is 19.9 Å². The van der Waals surface area contributed by atoms with Gasteiger partial charge in [0.05, 0.1) is 11.2 Å². The Labute approximate surface area is 145 Å². The van der Waals surface area contributed by atoms with Crippen molar-refractivity contribution in [2.45, 2.75) is 77.1 Å². The molecule has 2 aliphatic carbocycles. The summed E-state index contributed by atoms with van der Waals surface area (Å²) >= 11 is 0. The van der Waals surface area contributed by atoms with Gasteiger partial charge in [-0.3, -0.25) is 4.79 Å². The van der Waals surface area contributed by atoms with Crippen LogP contribution in [-0.4, -0.2) is 39.9 Å². The van der Waals surface area contributed by atoms with Crippen LogP contribution in [0.25, 0.3) is 0 Å². The van der Waals surface area contributed by atoms with Crippen LogP contribution in [0.1, 0.15) is 59.8 Å². The highest BCUT2D eigenvalue weighted by Crippen LogP contribution is 2.64. The van der Waals surface area contributed by atoms with Crippen molar-refractivity contribution in [3.63, 3.8) is 0 Å². The Morgan fingerprint density at radius 3 is 2.42 bits per heavy atom. The summed E-state index contributed by atoms with van der Waals surface area (Å²) in [6.45, 7) is 12.1. The molecule has 0 unspecified atom stereocenters. The topological polar surface area (TPSA) is 66.8 Å². The molecule has 4 heteroatoms. The van der Waals surface area contributed by atoms with Gasteiger partial charge in [0, 0.05) is 17.9 Å². The molecular formula is C20H32O4. The van der Waals surface area contributed by atoms with Crippen LogP contribution in [0.4, 0.5) is 0 Å². The molecule has 3 aliphatic rings. The molecule has 3 rings (SSSR count). The Hall–Kier alpha value is -0.710. The van der Waals surface area contributed by atoms with Crippen molar-refractivity contribution in [3.8, 4) is 0 Å². The van der Waals surface area contributed by atoms with E-state index in [0.717, 1.165) is 25.7 Å². The van der Waals surface area contributed by atoms with Gasteiger partial charge in [0.25, 0.3) is 0 Å². The molecule has 0 radical (unpaired) electrons. The minimum atomic E-state index is -0.988. The van der Waals surface area contributed by atoms with E-state index in [1.54, 1.807) is 0 Å². The molecule has 1 heterocycles. The Morgan fingerprint density at radius 1 is 1.21 bits per heavy atom. The Kier molecular flexibility index (Phi) is 4.06. The summed E-state index contributed by atoms with van der Waals surface area (Å²) in [6, 6.07) is 0. The third-order valence-electron chi connectivity index (χ3n) is 7.64. The quantitative estimate of drug-likeness (QED) is 0.761. The number of ether oxygens (including phenoxy) is 1. The van der Waals surface area contributed by atoms with Crippen molar-refractivity contribution in [2.75, 3.05) is 6.61 Å². The summed E-state index contributed by atoms with van der Waals surface area (Å²) in [5.41, 5.74) is -1.81. The summed E-state index contributed by atoms with van der Waals surface area (Å²) in [5, 5.41) is 20.5. The third kappa shape index (κ3) is 2.26. The number of hydrogen-bond acceptors (Lipinski definition) is 4. The van der Waals surface area contributed by atoms with Crippen LogP contribution in [-0.2, 0) is 9.53 Å². The van der Waals surface area contributed by atoms with E-state index in [0.29, 0.717) is 6.42 Å². The normalized spacial score (nSPS) is 54.8. The summed E-state index contributed by atoms with van der Waals surface area (Å²) in [5.74, 6) is 0.0888. The lowest BCUT2D eigenvalue weighted by atomic mass is 9.43. The van der Waals surface area contributed by atoms with Gasteiger partial charge < -0.3 is 14.9 Å². The first-order chi connectivity index (χ1) is 11.0. The number of fused-ring (bicyclic) bond motifs is 3. The smallest absolute Gasteiger partial charge is 0.167 e. The van der Waals surface area contributed by atoms with E-state index < -0.39 is 22.5 Å². The molecule has 1 saturated heterocycles. The van der Waals surface area contributed by atoms with E-state index in [4.69, 9.17) is 4.74 Å². The molecule has 0 bridgehead atoms. The fourth-order valence-corrected chi connectivity index (χ4v) is 6.29. The monoisotopic (exact) mass is 336 g/mol. The second-order valence-corrected chi connectivity index (χ2v) is 9.29. The average Bonchev–Trinajstić information content (AvgIpc) is 2.52. The Morgan fingerprint density at radius 2 is 1.83 bits per heavy atom. The predicted molar refractivity (Wildman–Crippen MR) is 92.5 cm³/mol. The summed E-state index contributed by atoms with van der Waals surface area (Å²) in [6.07, 6.45) is 4.67. The van der Waals surface area contributed by atoms with E-state index in [2.05, 4.69) is 20.4 Å². The molecule has 0 aromatic carbocycles. The van der Waals surface area contributed by atoms with E-state index in [-0.39, 0.29) is 29.8 Å². The first-order valence-corrected chi connectivity index (χ1v) is 9.22. The first kappa shape index (κ1) is 18.1. The van der Waals surface area contributed by atoms with E-state index >= 15 is 0 Å². The van der Waals surface area contributed by atoms with Gasteiger partial charge in [0.1, 0.15) is 6.10 Å². The van der Waals surface area contributed by atoms with E-state index in [1.807, 2.05) is 19.9 Å². The molecule has 2 N–H and O–H groups in total. The molecule has 0 aromatic heterocycles. The maximum Gasteiger partial charge on any atom is 0.167 e. The lowest BCUT2D eigenvalue weighted by Crippen LogP contribution is -2.68. The molecule has 0 aromatic rings. The molecule has 24 heavy (non-hydrogen) atoms. The zero-order valence-corrected chi connectivity index (χ0v) is 15.5. The van der Waals surface area contributed by atoms with Crippen molar-refractivity contribution in [2.24, 2.45) is 22.7 Å². The van der Waals surface area contributed by atoms with Gasteiger partial charge in [0.2, 0.25) is 0 Å². The van der Waals surface area contributed by atoms with Crippen LogP contribution in [0, 0.1) is 22.7 Å². The zero-order valence-electron chi connectivity index (χ0n) is 15.5. The summed E-state index contributed by atoms with van der Waals surface area (Å²) in [4.78, 5) is 13.1. The van der Waals surface area contributed by atoms with Crippen LogP contribution in [0.15, 0.2) is 12.7 Å². The van der Waals surface area contributed by atoms with Gasteiger partial charge in [0.15, 0.2) is 5.78 Å². The molecule has 3 fully saturated rings. The standard InChI is InChI=1S/C20H32O4/c1-6-18(3)9-7-15-19(4,24-18)10-8-14-17(2,12-21)11-13(22)16(23)20(14,15)5/h6,13-15,21-22H,1,7-12H2,2-5H3/t13-,14-,15-,17-,18-,19+,20-/m0/s1. The third-order valence-corrected chi connectivity index (χ3v) is 7.64. The number of carbonyl (C=O) groups is 1. The van der Waals surface area contributed by atoms with Crippen LogP contribution in [0.2, 0.25) is 0 Å². The first-order valence-electron chi connectivity index (χ1n) is 9.22. The second kappa shape index (κ2) is 5.39. The lowest BCUT2D eigenvalue weighted by Gasteiger charge is -2.64. The largest absolute Gasteiger partial charge is 0.396 e. The van der Waals surface area contributed by atoms with Crippen LogP contribution in [0.3, 0.4) is 0 Å². The Bertz CT molecular complexity index is 560. The average molecular weight is 336 g/mol. The van der Waals surface area contributed by atoms with Crippen molar-refractivity contribution < 1.29 is 19.7 Å². The molecule has 136 valence electrons. The van der Waals surface area contributed by atoms with Crippen molar-refractivity contribution >= 4 is 5.78 Å². The van der Waals surface area contributed by atoms with Gasteiger partial charge in [-0.05, 0) is 57.3 Å². The van der Waals surface area contributed by atoms with Crippen molar-refractivity contribution in [1.29, 1.82) is 0 Å². The summed E-state index contributed by atoms with van der Waals surface area (Å²) < 4.78 is 6.50. The van der Waals surface area contributed by atoms with E-state index in [1.165, 1.54) is 0 Å². The molecule has 2 saturated carbocycles. The number of hydrogen-bond donors (Lipinski definition) is 2. The molecule has 0 spiro atoms. The number of ketones is 1. The van der Waals surface area contributed by atoms with Gasteiger partial charge >= 0.3 is 0 Å². The van der Waals surface area contributed by atoms with Crippen LogP contribution < -0.4 is 0 Å². The Balaban J connectivity index is 2.05. The van der Waals surface area contributed by atoms with Gasteiger partial charge in [-0.25, -0.2) is 0 Å². The molecule has 7 atom stereocenters. The molecular weight excluding hydrogens is 304 g/mol. The minimum absolute atomic E-state index is 0.00621. The van der Waals surface area contributed by atoms with Crippen molar-refractivity contribution in [3.05, 3.63) is 12.7 Å². The molecule has 1 aliphatic heterocycles. The highest BCUT2D eigenvalue weighted by atomic mass is 16.5. The van der Waals surface area contributed by atoms with Gasteiger partial charge in [-0.2, -0.15) is 0 Å². The maximum atomic E-state index is 13.1. The molecule has 0 amide bonds. The SMILES string of the molecule is C=C[C@@]1(C)CC[C@@H]2[C@@]3(C)C(=O)[C@@H](O)C[C@@](C)(CO)[C@@H]3CC[C@@]2(C)O1. The van der Waals surface area contributed by atoms with Crippen LogP contribution in [0.5, 0.6) is 0 Å². The number of carbonyl (C=O) groups excluding carboxylic acids is 1. The number of aliphatic hydroxyl groups excluding tert-OH is 2. The summed E-state index contributed by atoms with van der Waals surface area (Å²) in [7, 11) is 0. The maximum absolute atomic E-state index is 13.1. The zero-order chi connectivity index (χ0) is 18.0. The fraction of sp³-hybridized carbons (Fsp3) is 0.850. The minimum Gasteiger partial charge on any atom is -0.396 e. The number of Topliss-reactive ketones (excluding diaryl/α,β-unsaturated/α-hetero) is 1. The highest BCUT2D eigenvalue weighted by Gasteiger charge is 2.67. The number of rotatable bonds is 2. The predicted octanol–water partition coefficient (Wildman–Crippen LogP) is 2.87. The van der Waals surface area contributed by atoms with Crippen LogP contribution >= 0.6 is 0 Å². The highest BCUT2D eigenvalue weighted by molar-refractivity contribution is 5.90. The van der Waals surface area contributed by atoms with Gasteiger partial charge in [-0.15, -0.1) is 6.58 Å². The van der Waals surface area contributed by atoms with Crippen molar-refractivity contribution in [1.82, 2.24) is 0 Å². The number of aliphatic hydroxyl groups is 2. The van der Waals surface area contributed by atoms with E-state index in [9.17, 15) is 15.0 Å². The fourth-order valence-electron chi connectivity index (χ4n) is 6.29.